The van der Waals surface area contributed by atoms with Crippen molar-refractivity contribution in [1.82, 2.24) is 4.90 Å². The highest BCUT2D eigenvalue weighted by Crippen LogP contribution is 2.06. The van der Waals surface area contributed by atoms with Gasteiger partial charge in [-0.05, 0) is 20.3 Å². The van der Waals surface area contributed by atoms with Gasteiger partial charge in [-0.25, -0.2) is 0 Å². The number of allylic oxidation sites excluding steroid dienone is 1. The number of likely N-dealkylation sites (N-methyl/N-ethyl adjacent to an activating group) is 1. The first-order valence-corrected chi connectivity index (χ1v) is 4.67. The van der Waals surface area contributed by atoms with Crippen molar-refractivity contribution in [3.05, 3.63) is 17.1 Å². The van der Waals surface area contributed by atoms with Crippen molar-refractivity contribution in [3.8, 4) is 0 Å². The van der Waals surface area contributed by atoms with E-state index in [1.54, 1.807) is 0 Å². The summed E-state index contributed by atoms with van der Waals surface area (Å²) in [5.74, 6) is -1.02. The minimum absolute atomic E-state index is 0.192. The molecule has 1 atom stereocenters. The molecule has 0 aromatic heterocycles. The number of hydrogen-bond acceptors (Lipinski definition) is 3. The predicted molar refractivity (Wildman–Crippen MR) is 57.1 cm³/mol. The molecule has 2 amide bonds. The van der Waals surface area contributed by atoms with Gasteiger partial charge in [0.05, 0.1) is 0 Å². The molecule has 0 aliphatic rings. The number of rotatable bonds is 5. The number of amides is 2. The third-order valence-electron chi connectivity index (χ3n) is 2.19. The second-order valence-corrected chi connectivity index (χ2v) is 3.57. The lowest BCUT2D eigenvalue weighted by atomic mass is 10.1. The van der Waals surface area contributed by atoms with Crippen LogP contribution >= 0.6 is 0 Å². The molecular weight excluding hydrogens is 196 g/mol. The molecule has 0 unspecified atom stereocenters. The Balaban J connectivity index is 4.25. The molecule has 0 aromatic carbocycles. The zero-order valence-corrected chi connectivity index (χ0v) is 9.32. The Bertz CT molecular complexity index is 286. The fraction of sp³-hybridized carbons (Fsp3) is 0.600. The van der Waals surface area contributed by atoms with Crippen molar-refractivity contribution in [1.29, 1.82) is 0 Å². The predicted octanol–water partition coefficient (Wildman–Crippen LogP) is 1.48. The number of hydrogen-bond donors (Lipinski definition) is 0. The fourth-order valence-corrected chi connectivity index (χ4v) is 0.955. The van der Waals surface area contributed by atoms with E-state index >= 15 is 0 Å². The van der Waals surface area contributed by atoms with E-state index in [2.05, 4.69) is 11.8 Å². The van der Waals surface area contributed by atoms with Crippen LogP contribution in [0.2, 0.25) is 0 Å². The molecule has 5 heteroatoms. The minimum Gasteiger partial charge on any atom is -0.334 e. The van der Waals surface area contributed by atoms with Crippen molar-refractivity contribution in [2.24, 2.45) is 5.18 Å². The van der Waals surface area contributed by atoms with Crippen LogP contribution < -0.4 is 0 Å². The van der Waals surface area contributed by atoms with E-state index in [9.17, 15) is 14.5 Å². The van der Waals surface area contributed by atoms with Crippen LogP contribution in [0.5, 0.6) is 0 Å². The van der Waals surface area contributed by atoms with Crippen LogP contribution in [0.1, 0.15) is 26.7 Å². The Hall–Kier alpha value is -1.52. The summed E-state index contributed by atoms with van der Waals surface area (Å²) >= 11 is 0. The quantitative estimate of drug-likeness (QED) is 0.512. The summed E-state index contributed by atoms with van der Waals surface area (Å²) < 4.78 is 0. The third-order valence-corrected chi connectivity index (χ3v) is 2.19. The molecule has 0 aromatic rings. The lowest BCUT2D eigenvalue weighted by Crippen LogP contribution is -2.39. The summed E-state index contributed by atoms with van der Waals surface area (Å²) in [5.41, 5.74) is 0.907. The molecule has 5 nitrogen and oxygen atoms in total. The van der Waals surface area contributed by atoms with Crippen LogP contribution in [0.15, 0.2) is 17.3 Å². The van der Waals surface area contributed by atoms with Gasteiger partial charge >= 0.3 is 5.91 Å². The van der Waals surface area contributed by atoms with E-state index in [0.717, 1.165) is 5.57 Å². The van der Waals surface area contributed by atoms with Crippen LogP contribution in [0.3, 0.4) is 0 Å². The second-order valence-electron chi connectivity index (χ2n) is 3.57. The molecular formula is C10H16N2O3. The van der Waals surface area contributed by atoms with E-state index in [0.29, 0.717) is 12.8 Å². The Morgan fingerprint density at radius 1 is 1.40 bits per heavy atom. The van der Waals surface area contributed by atoms with Crippen LogP contribution in [-0.4, -0.2) is 29.8 Å². The Morgan fingerprint density at radius 3 is 2.33 bits per heavy atom. The normalized spacial score (nSPS) is 11.7. The molecule has 0 N–H and O–H groups in total. The molecule has 0 heterocycles. The third kappa shape index (κ3) is 4.49. The molecule has 0 spiro atoms. The van der Waals surface area contributed by atoms with Gasteiger partial charge in [0.25, 0.3) is 0 Å². The molecule has 0 saturated carbocycles. The summed E-state index contributed by atoms with van der Waals surface area (Å²) in [6.07, 6.45) is 0.876. The maximum Gasteiger partial charge on any atom is 0.308 e. The standard InChI is InChI=1S/C10H16N2O3/c1-7(2)5-6-9(13)12(4)8(3)10(14)11-15/h8H,1,5-6H2,2-4H3/t8-/m0/s1. The van der Waals surface area contributed by atoms with Gasteiger partial charge in [0.15, 0.2) is 0 Å². The van der Waals surface area contributed by atoms with Crippen molar-refractivity contribution >= 4 is 11.8 Å². The molecule has 0 aliphatic carbocycles. The Kier molecular flexibility index (Phi) is 5.44. The van der Waals surface area contributed by atoms with Crippen molar-refractivity contribution in [2.75, 3.05) is 7.05 Å². The molecule has 0 bridgehead atoms. The highest BCUT2D eigenvalue weighted by molar-refractivity contribution is 5.87. The zero-order valence-electron chi connectivity index (χ0n) is 9.32. The van der Waals surface area contributed by atoms with Crippen LogP contribution in [0, 0.1) is 4.91 Å². The van der Waals surface area contributed by atoms with Gasteiger partial charge in [-0.15, -0.1) is 11.5 Å². The molecule has 15 heavy (non-hydrogen) atoms. The smallest absolute Gasteiger partial charge is 0.308 e. The largest absolute Gasteiger partial charge is 0.334 e. The lowest BCUT2D eigenvalue weighted by molar-refractivity contribution is -0.137. The van der Waals surface area contributed by atoms with Gasteiger partial charge in [-0.1, -0.05) is 5.57 Å². The average molecular weight is 212 g/mol. The van der Waals surface area contributed by atoms with Gasteiger partial charge < -0.3 is 4.90 Å². The molecule has 0 saturated heterocycles. The van der Waals surface area contributed by atoms with E-state index in [1.807, 2.05) is 6.92 Å². The van der Waals surface area contributed by atoms with Gasteiger partial charge in [0, 0.05) is 18.6 Å². The summed E-state index contributed by atoms with van der Waals surface area (Å²) in [4.78, 5) is 33.6. The topological polar surface area (TPSA) is 66.8 Å². The fourth-order valence-electron chi connectivity index (χ4n) is 0.955. The molecule has 0 aliphatic heterocycles. The van der Waals surface area contributed by atoms with Gasteiger partial charge in [-0.3, -0.25) is 9.59 Å². The molecule has 0 rings (SSSR count). The van der Waals surface area contributed by atoms with E-state index in [4.69, 9.17) is 0 Å². The van der Waals surface area contributed by atoms with Gasteiger partial charge in [0.2, 0.25) is 5.91 Å². The second kappa shape index (κ2) is 6.06. The maximum atomic E-state index is 11.5. The van der Waals surface area contributed by atoms with E-state index in [1.165, 1.54) is 18.9 Å². The number of carbonyl (C=O) groups excluding carboxylic acids is 2. The maximum absolute atomic E-state index is 11.5. The van der Waals surface area contributed by atoms with Crippen molar-refractivity contribution in [2.45, 2.75) is 32.7 Å². The molecule has 0 radical (unpaired) electrons. The van der Waals surface area contributed by atoms with E-state index in [-0.39, 0.29) is 5.91 Å². The summed E-state index contributed by atoms with van der Waals surface area (Å²) in [6, 6.07) is -0.792. The number of carbonyl (C=O) groups is 2. The lowest BCUT2D eigenvalue weighted by Gasteiger charge is -2.21. The first-order chi connectivity index (χ1) is 6.90. The Morgan fingerprint density at radius 2 is 1.93 bits per heavy atom. The monoisotopic (exact) mass is 212 g/mol. The zero-order chi connectivity index (χ0) is 12.0. The molecule has 0 fully saturated rings. The van der Waals surface area contributed by atoms with Crippen LogP contribution in [-0.2, 0) is 9.59 Å². The number of nitroso groups, excluding NO2 is 1. The summed E-state index contributed by atoms with van der Waals surface area (Å²) in [5, 5.41) is 2.29. The molecule has 84 valence electrons. The SMILES string of the molecule is C=C(C)CCC(=O)N(C)[C@@H](C)C(=O)N=O. The summed E-state index contributed by atoms with van der Waals surface area (Å²) in [7, 11) is 1.48. The van der Waals surface area contributed by atoms with Crippen LogP contribution in [0.4, 0.5) is 0 Å². The average Bonchev–Trinajstić information content (AvgIpc) is 2.22. The first-order valence-electron chi connectivity index (χ1n) is 4.67. The van der Waals surface area contributed by atoms with Gasteiger partial charge in [0.1, 0.15) is 6.04 Å². The first kappa shape index (κ1) is 13.5. The highest BCUT2D eigenvalue weighted by Gasteiger charge is 2.22. The Labute approximate surface area is 89.1 Å². The van der Waals surface area contributed by atoms with Gasteiger partial charge in [-0.2, -0.15) is 0 Å². The van der Waals surface area contributed by atoms with Crippen molar-refractivity contribution in [3.63, 3.8) is 0 Å². The van der Waals surface area contributed by atoms with Crippen LogP contribution in [0.25, 0.3) is 0 Å². The van der Waals surface area contributed by atoms with E-state index < -0.39 is 11.9 Å². The minimum atomic E-state index is -0.832. The summed E-state index contributed by atoms with van der Waals surface area (Å²) in [6.45, 7) is 6.98. The highest BCUT2D eigenvalue weighted by atomic mass is 16.3. The number of nitrogens with zero attached hydrogens (tertiary/aromatic N) is 2. The van der Waals surface area contributed by atoms with Crippen molar-refractivity contribution < 1.29 is 9.59 Å².